The lowest BCUT2D eigenvalue weighted by molar-refractivity contribution is 0.440. The van der Waals surface area contributed by atoms with Gasteiger partial charge in [0.05, 0.1) is 0 Å². The molecule has 198 valence electrons. The van der Waals surface area contributed by atoms with Crippen LogP contribution in [0.15, 0.2) is 12.1 Å². The summed E-state index contributed by atoms with van der Waals surface area (Å²) in [6.07, 6.45) is 22.9. The molecule has 3 heterocycles. The Morgan fingerprint density at radius 1 is 0.600 bits per heavy atom. The summed E-state index contributed by atoms with van der Waals surface area (Å²) in [6.45, 7) is 11.8. The van der Waals surface area contributed by atoms with Crippen LogP contribution in [0.3, 0.4) is 0 Å². The van der Waals surface area contributed by atoms with E-state index >= 15 is 0 Å². The number of aryl methyl sites for hydroxylation is 2. The fourth-order valence-corrected chi connectivity index (χ4v) is 16.3. The van der Waals surface area contributed by atoms with Crippen molar-refractivity contribution in [2.45, 2.75) is 149 Å². The van der Waals surface area contributed by atoms with Crippen LogP contribution in [-0.2, 0) is 0 Å². The predicted octanol–water partition coefficient (Wildman–Crippen LogP) is 10.9. The molecule has 1 aliphatic rings. The Labute approximate surface area is 227 Å². The maximum atomic E-state index is 2.66. The van der Waals surface area contributed by atoms with Crippen LogP contribution in [0.4, 0.5) is 0 Å². The van der Waals surface area contributed by atoms with Crippen molar-refractivity contribution in [3.8, 4) is 9.75 Å². The van der Waals surface area contributed by atoms with Gasteiger partial charge in [-0.15, -0.1) is 22.7 Å². The Kier molecular flexibility index (Phi) is 12.6. The van der Waals surface area contributed by atoms with Crippen molar-refractivity contribution in [2.24, 2.45) is 5.92 Å². The Morgan fingerprint density at radius 2 is 1.06 bits per heavy atom. The van der Waals surface area contributed by atoms with E-state index in [1.165, 1.54) is 115 Å². The van der Waals surface area contributed by atoms with Gasteiger partial charge in [-0.05, 0) is 54.4 Å². The minimum Gasteiger partial charge on any atom is -0.140 e. The second kappa shape index (κ2) is 15.1. The molecule has 3 rings (SSSR count). The van der Waals surface area contributed by atoms with Gasteiger partial charge in [0, 0.05) is 19.5 Å². The molecule has 0 aromatic carbocycles. The van der Waals surface area contributed by atoms with Crippen molar-refractivity contribution in [2.75, 3.05) is 0 Å². The Balaban J connectivity index is 1.79. The summed E-state index contributed by atoms with van der Waals surface area (Å²) in [5.74, 6) is 0.937. The Hall–Kier alpha value is -0.383. The van der Waals surface area contributed by atoms with E-state index in [4.69, 9.17) is 0 Å². The van der Waals surface area contributed by atoms with Gasteiger partial charge in [0.1, 0.15) is 8.07 Å². The lowest BCUT2D eigenvalue weighted by Gasteiger charge is -2.33. The van der Waals surface area contributed by atoms with E-state index in [1.807, 2.05) is 10.4 Å². The highest BCUT2D eigenvalue weighted by molar-refractivity contribution is 7.29. The van der Waals surface area contributed by atoms with Gasteiger partial charge in [0.2, 0.25) is 0 Å². The quantitative estimate of drug-likeness (QED) is 0.125. The molecule has 3 heteroatoms. The van der Waals surface area contributed by atoms with E-state index in [2.05, 4.69) is 69.4 Å². The third kappa shape index (κ3) is 7.80. The van der Waals surface area contributed by atoms with Crippen LogP contribution < -0.4 is 10.4 Å². The average Bonchev–Trinajstić information content (AvgIpc) is 3.48. The van der Waals surface area contributed by atoms with Gasteiger partial charge in [-0.25, -0.2) is 0 Å². The van der Waals surface area contributed by atoms with Crippen LogP contribution in [0.2, 0.25) is 12.1 Å². The standard InChI is InChI=1S/C32H54S2Si/c1-6-9-12-14-15-16-17-19-22-35(25-28(20-11-8-3)21-18-13-10-7-2)29-23-26(4)33-31(29)32-30(35)24-27(5)34-32/h23-24,28H,6-22,25H2,1-5H3. The van der Waals surface area contributed by atoms with Gasteiger partial charge in [0.15, 0.2) is 0 Å². The lowest BCUT2D eigenvalue weighted by Crippen LogP contribution is -2.55. The first kappa shape index (κ1) is 29.2. The summed E-state index contributed by atoms with van der Waals surface area (Å²) >= 11 is 4.21. The monoisotopic (exact) mass is 530 g/mol. The van der Waals surface area contributed by atoms with E-state index in [-0.39, 0.29) is 0 Å². The minimum absolute atomic E-state index is 0.937. The van der Waals surface area contributed by atoms with Gasteiger partial charge in [-0.1, -0.05) is 124 Å². The first-order chi connectivity index (χ1) is 17.1. The van der Waals surface area contributed by atoms with E-state index in [0.717, 1.165) is 5.92 Å². The summed E-state index contributed by atoms with van der Waals surface area (Å²) < 4.78 is 0. The second-order valence-electron chi connectivity index (χ2n) is 11.6. The zero-order chi connectivity index (χ0) is 25.1. The summed E-state index contributed by atoms with van der Waals surface area (Å²) in [4.78, 5) is 6.49. The van der Waals surface area contributed by atoms with Crippen LogP contribution in [0.1, 0.15) is 133 Å². The molecular weight excluding hydrogens is 477 g/mol. The molecule has 2 aromatic heterocycles. The molecule has 0 saturated heterocycles. The van der Waals surface area contributed by atoms with Crippen molar-refractivity contribution >= 4 is 41.1 Å². The highest BCUT2D eigenvalue weighted by atomic mass is 32.1. The summed E-state index contributed by atoms with van der Waals surface area (Å²) in [6, 6.07) is 8.35. The number of unbranched alkanes of at least 4 members (excludes halogenated alkanes) is 11. The van der Waals surface area contributed by atoms with E-state index in [0.29, 0.717) is 0 Å². The first-order valence-electron chi connectivity index (χ1n) is 15.3. The van der Waals surface area contributed by atoms with Gasteiger partial charge >= 0.3 is 0 Å². The summed E-state index contributed by atoms with van der Waals surface area (Å²) in [5.41, 5.74) is 0. The fourth-order valence-electron chi connectivity index (χ4n) is 6.57. The molecule has 0 amide bonds. The molecule has 0 radical (unpaired) electrons. The van der Waals surface area contributed by atoms with Crippen molar-refractivity contribution < 1.29 is 0 Å². The average molecular weight is 531 g/mol. The lowest BCUT2D eigenvalue weighted by atomic mass is 9.97. The molecular formula is C32H54S2Si. The van der Waals surface area contributed by atoms with Crippen molar-refractivity contribution in [3.05, 3.63) is 21.9 Å². The van der Waals surface area contributed by atoms with Crippen LogP contribution in [-0.4, -0.2) is 8.07 Å². The minimum atomic E-state index is -1.67. The molecule has 0 spiro atoms. The SMILES string of the molecule is CCCCCCCCCC[Si]1(CC(CCCC)CCCCCC)c2cc(C)sc2-c2sc(C)cc21. The van der Waals surface area contributed by atoms with Crippen molar-refractivity contribution in [3.63, 3.8) is 0 Å². The normalized spacial score (nSPS) is 14.9. The molecule has 2 aromatic rings. The topological polar surface area (TPSA) is 0 Å². The zero-order valence-electron chi connectivity index (χ0n) is 23.8. The largest absolute Gasteiger partial charge is 0.140 e. The van der Waals surface area contributed by atoms with Crippen molar-refractivity contribution in [1.82, 2.24) is 0 Å². The van der Waals surface area contributed by atoms with Crippen molar-refractivity contribution in [1.29, 1.82) is 0 Å². The second-order valence-corrected chi connectivity index (χ2v) is 18.2. The van der Waals surface area contributed by atoms with Crippen LogP contribution in [0, 0.1) is 19.8 Å². The number of hydrogen-bond acceptors (Lipinski definition) is 2. The number of fused-ring (bicyclic) bond motifs is 3. The number of thiophene rings is 2. The summed E-state index contributed by atoms with van der Waals surface area (Å²) in [7, 11) is -1.67. The third-order valence-electron chi connectivity index (χ3n) is 8.47. The van der Waals surface area contributed by atoms with Gasteiger partial charge in [-0.2, -0.15) is 0 Å². The maximum Gasteiger partial charge on any atom is 0.122 e. The molecule has 0 nitrogen and oxygen atoms in total. The third-order valence-corrected chi connectivity index (χ3v) is 16.4. The predicted molar refractivity (Wildman–Crippen MR) is 166 cm³/mol. The summed E-state index contributed by atoms with van der Waals surface area (Å²) in [5, 5.41) is 3.72. The highest BCUT2D eigenvalue weighted by Crippen LogP contribution is 2.44. The molecule has 1 unspecified atom stereocenters. The van der Waals surface area contributed by atoms with Gasteiger partial charge < -0.3 is 0 Å². The number of rotatable bonds is 19. The molecule has 0 N–H and O–H groups in total. The smallest absolute Gasteiger partial charge is 0.122 e. The molecule has 0 fully saturated rings. The highest BCUT2D eigenvalue weighted by Gasteiger charge is 2.48. The van der Waals surface area contributed by atoms with E-state index in [9.17, 15) is 0 Å². The maximum absolute atomic E-state index is 2.66. The molecule has 35 heavy (non-hydrogen) atoms. The van der Waals surface area contributed by atoms with E-state index in [1.54, 1.807) is 19.5 Å². The molecule has 0 saturated carbocycles. The van der Waals surface area contributed by atoms with Gasteiger partial charge in [0.25, 0.3) is 0 Å². The Morgan fingerprint density at radius 3 is 1.60 bits per heavy atom. The van der Waals surface area contributed by atoms with Gasteiger partial charge in [-0.3, -0.25) is 0 Å². The van der Waals surface area contributed by atoms with E-state index < -0.39 is 8.07 Å². The molecule has 1 aliphatic heterocycles. The van der Waals surface area contributed by atoms with Crippen LogP contribution in [0.5, 0.6) is 0 Å². The molecule has 0 aliphatic carbocycles. The number of hydrogen-bond donors (Lipinski definition) is 0. The Bertz CT molecular complexity index is 815. The van der Waals surface area contributed by atoms with Crippen LogP contribution in [0.25, 0.3) is 9.75 Å². The molecule has 1 atom stereocenters. The zero-order valence-corrected chi connectivity index (χ0v) is 26.4. The first-order valence-corrected chi connectivity index (χ1v) is 19.3. The fraction of sp³-hybridized carbons (Fsp3) is 0.750. The molecule has 0 bridgehead atoms. The van der Waals surface area contributed by atoms with Crippen LogP contribution >= 0.6 is 22.7 Å².